The summed E-state index contributed by atoms with van der Waals surface area (Å²) in [6.45, 7) is 0. The summed E-state index contributed by atoms with van der Waals surface area (Å²) in [5.41, 5.74) is 2.09. The number of rotatable bonds is 6. The Bertz CT molecular complexity index is 943. The van der Waals surface area contributed by atoms with E-state index in [1.807, 2.05) is 30.3 Å². The van der Waals surface area contributed by atoms with Gasteiger partial charge in [0, 0.05) is 5.56 Å². The first-order valence-corrected chi connectivity index (χ1v) is 8.43. The van der Waals surface area contributed by atoms with Crippen LogP contribution in [0.4, 0.5) is 4.39 Å². The summed E-state index contributed by atoms with van der Waals surface area (Å²) in [6.07, 6.45) is 3.28. The number of ether oxygens (including phenoxy) is 1. The SMILES string of the molecule is O=C(Cc1ccccc1)Oc1ccc(C=CC(=O)c2ccc(F)cc2)cc1. The number of hydrogen-bond acceptors (Lipinski definition) is 3. The Kier molecular flexibility index (Phi) is 5.90. The molecule has 3 rings (SSSR count). The second kappa shape index (κ2) is 8.72. The topological polar surface area (TPSA) is 43.4 Å². The van der Waals surface area contributed by atoms with Gasteiger partial charge in [-0.1, -0.05) is 48.5 Å². The van der Waals surface area contributed by atoms with Crippen LogP contribution in [0.15, 0.2) is 84.9 Å². The maximum atomic E-state index is 12.9. The van der Waals surface area contributed by atoms with Gasteiger partial charge in [0.15, 0.2) is 5.78 Å². The predicted molar refractivity (Wildman–Crippen MR) is 102 cm³/mol. The molecule has 4 heteroatoms. The minimum atomic E-state index is -0.382. The molecule has 0 aliphatic carbocycles. The van der Waals surface area contributed by atoms with Crippen LogP contribution >= 0.6 is 0 Å². The molecule has 0 amide bonds. The lowest BCUT2D eigenvalue weighted by Gasteiger charge is -2.05. The number of carbonyl (C=O) groups excluding carboxylic acids is 2. The zero-order valence-corrected chi connectivity index (χ0v) is 14.5. The number of allylic oxidation sites excluding steroid dienone is 1. The van der Waals surface area contributed by atoms with Gasteiger partial charge in [-0.25, -0.2) is 4.39 Å². The fraction of sp³-hybridized carbons (Fsp3) is 0.0435. The largest absolute Gasteiger partial charge is 0.426 e. The van der Waals surface area contributed by atoms with Crippen molar-refractivity contribution in [2.75, 3.05) is 0 Å². The first kappa shape index (κ1) is 18.3. The highest BCUT2D eigenvalue weighted by Crippen LogP contribution is 2.15. The molecule has 134 valence electrons. The van der Waals surface area contributed by atoms with Crippen LogP contribution in [0, 0.1) is 5.82 Å². The molecule has 0 unspecified atom stereocenters. The van der Waals surface area contributed by atoms with Gasteiger partial charge in [0.1, 0.15) is 11.6 Å². The number of esters is 1. The lowest BCUT2D eigenvalue weighted by atomic mass is 10.1. The fourth-order valence-electron chi connectivity index (χ4n) is 2.46. The highest BCUT2D eigenvalue weighted by atomic mass is 19.1. The number of hydrogen-bond donors (Lipinski definition) is 0. The molecular weight excluding hydrogens is 343 g/mol. The molecule has 3 aromatic rings. The lowest BCUT2D eigenvalue weighted by molar-refractivity contribution is -0.133. The van der Waals surface area contributed by atoms with Crippen molar-refractivity contribution in [3.63, 3.8) is 0 Å². The Morgan fingerprint density at radius 3 is 2.19 bits per heavy atom. The second-order valence-electron chi connectivity index (χ2n) is 5.91. The Labute approximate surface area is 156 Å². The van der Waals surface area contributed by atoms with Gasteiger partial charge < -0.3 is 4.74 Å². The maximum absolute atomic E-state index is 12.9. The van der Waals surface area contributed by atoms with Crippen LogP contribution in [-0.4, -0.2) is 11.8 Å². The van der Waals surface area contributed by atoms with Crippen LogP contribution in [0.5, 0.6) is 5.75 Å². The zero-order valence-electron chi connectivity index (χ0n) is 14.5. The Morgan fingerprint density at radius 2 is 1.52 bits per heavy atom. The molecule has 0 fully saturated rings. The van der Waals surface area contributed by atoms with Crippen LogP contribution in [0.3, 0.4) is 0 Å². The third-order valence-corrected chi connectivity index (χ3v) is 3.86. The van der Waals surface area contributed by atoms with Crippen molar-refractivity contribution in [2.45, 2.75) is 6.42 Å². The summed E-state index contributed by atoms with van der Waals surface area (Å²) in [7, 11) is 0. The maximum Gasteiger partial charge on any atom is 0.315 e. The number of ketones is 1. The molecule has 0 aliphatic heterocycles. The third kappa shape index (κ3) is 5.47. The van der Waals surface area contributed by atoms with Crippen molar-refractivity contribution in [1.82, 2.24) is 0 Å². The molecular formula is C23H17FO3. The smallest absolute Gasteiger partial charge is 0.315 e. The van der Waals surface area contributed by atoms with Gasteiger partial charge >= 0.3 is 5.97 Å². The van der Waals surface area contributed by atoms with E-state index >= 15 is 0 Å². The van der Waals surface area contributed by atoms with E-state index in [2.05, 4.69) is 0 Å². The van der Waals surface area contributed by atoms with Crippen molar-refractivity contribution >= 4 is 17.8 Å². The highest BCUT2D eigenvalue weighted by Gasteiger charge is 2.06. The molecule has 0 radical (unpaired) electrons. The highest BCUT2D eigenvalue weighted by molar-refractivity contribution is 6.06. The molecule has 3 nitrogen and oxygen atoms in total. The van der Waals surface area contributed by atoms with Gasteiger partial charge in [0.2, 0.25) is 0 Å². The second-order valence-corrected chi connectivity index (χ2v) is 5.91. The van der Waals surface area contributed by atoms with Crippen molar-refractivity contribution in [1.29, 1.82) is 0 Å². The standard InChI is InChI=1S/C23H17FO3/c24-20-11-9-19(10-12-20)22(25)15-8-17-6-13-21(14-7-17)27-23(26)16-18-4-2-1-3-5-18/h1-15H,16H2. The molecule has 27 heavy (non-hydrogen) atoms. The van der Waals surface area contributed by atoms with Crippen molar-refractivity contribution in [3.8, 4) is 5.75 Å². The van der Waals surface area contributed by atoms with Gasteiger partial charge in [-0.2, -0.15) is 0 Å². The molecule has 0 aliphatic rings. The molecule has 0 atom stereocenters. The van der Waals surface area contributed by atoms with Gasteiger partial charge in [-0.3, -0.25) is 9.59 Å². The number of benzene rings is 3. The van der Waals surface area contributed by atoms with Gasteiger partial charge in [-0.05, 0) is 53.6 Å². The molecule has 0 N–H and O–H groups in total. The molecule has 0 saturated heterocycles. The summed E-state index contributed by atoms with van der Waals surface area (Å²) in [6, 6.07) is 21.6. The predicted octanol–water partition coefficient (Wildman–Crippen LogP) is 4.87. The third-order valence-electron chi connectivity index (χ3n) is 3.86. The molecule has 0 bridgehead atoms. The van der Waals surface area contributed by atoms with E-state index < -0.39 is 0 Å². The van der Waals surface area contributed by atoms with Crippen LogP contribution in [0.25, 0.3) is 6.08 Å². The molecule has 0 aromatic heterocycles. The lowest BCUT2D eigenvalue weighted by Crippen LogP contribution is -2.11. The first-order chi connectivity index (χ1) is 13.1. The Balaban J connectivity index is 1.57. The van der Waals surface area contributed by atoms with E-state index in [0.717, 1.165) is 11.1 Å². The minimum Gasteiger partial charge on any atom is -0.426 e. The number of halogens is 1. The summed E-state index contributed by atoms with van der Waals surface area (Å²) in [5, 5.41) is 0. The summed E-state index contributed by atoms with van der Waals surface area (Å²) in [4.78, 5) is 24.0. The van der Waals surface area contributed by atoms with E-state index in [9.17, 15) is 14.0 Å². The van der Waals surface area contributed by atoms with Crippen LogP contribution < -0.4 is 4.74 Å². The van der Waals surface area contributed by atoms with E-state index in [-0.39, 0.29) is 24.0 Å². The zero-order chi connectivity index (χ0) is 19.1. The monoisotopic (exact) mass is 360 g/mol. The van der Waals surface area contributed by atoms with E-state index in [1.54, 1.807) is 30.3 Å². The summed E-state index contributed by atoms with van der Waals surface area (Å²) < 4.78 is 18.2. The van der Waals surface area contributed by atoms with Crippen LogP contribution in [0.1, 0.15) is 21.5 Å². The average molecular weight is 360 g/mol. The van der Waals surface area contributed by atoms with Crippen molar-refractivity contribution in [3.05, 3.63) is 107 Å². The molecule has 3 aromatic carbocycles. The van der Waals surface area contributed by atoms with E-state index in [4.69, 9.17) is 4.74 Å². The normalized spacial score (nSPS) is 10.7. The first-order valence-electron chi connectivity index (χ1n) is 8.43. The fourth-order valence-corrected chi connectivity index (χ4v) is 2.46. The molecule has 0 spiro atoms. The van der Waals surface area contributed by atoms with Gasteiger partial charge in [0.25, 0.3) is 0 Å². The molecule has 0 heterocycles. The summed E-state index contributed by atoms with van der Waals surface area (Å²) >= 11 is 0. The van der Waals surface area contributed by atoms with Crippen molar-refractivity contribution in [2.24, 2.45) is 0 Å². The van der Waals surface area contributed by atoms with Crippen LogP contribution in [-0.2, 0) is 11.2 Å². The van der Waals surface area contributed by atoms with Gasteiger partial charge in [-0.15, -0.1) is 0 Å². The summed E-state index contributed by atoms with van der Waals surface area (Å²) in [5.74, 6) is -0.491. The Morgan fingerprint density at radius 1 is 0.852 bits per heavy atom. The number of carbonyl (C=O) groups is 2. The minimum absolute atomic E-state index is 0.203. The molecule has 0 saturated carbocycles. The van der Waals surface area contributed by atoms with E-state index in [0.29, 0.717) is 11.3 Å². The Hall–Kier alpha value is -3.53. The van der Waals surface area contributed by atoms with E-state index in [1.165, 1.54) is 30.3 Å². The van der Waals surface area contributed by atoms with Gasteiger partial charge in [0.05, 0.1) is 6.42 Å². The van der Waals surface area contributed by atoms with Crippen LogP contribution in [0.2, 0.25) is 0 Å². The quantitative estimate of drug-likeness (QED) is 0.273. The average Bonchev–Trinajstić information content (AvgIpc) is 2.68. The van der Waals surface area contributed by atoms with Crippen molar-refractivity contribution < 1.29 is 18.7 Å².